The van der Waals surface area contributed by atoms with E-state index in [1.807, 2.05) is 24.4 Å². The molecule has 154 valence electrons. The molecule has 3 N–H and O–H groups in total. The van der Waals surface area contributed by atoms with Gasteiger partial charge in [0.1, 0.15) is 0 Å². The van der Waals surface area contributed by atoms with Crippen molar-refractivity contribution in [1.82, 2.24) is 14.4 Å². The number of rotatable bonds is 5. The Bertz CT molecular complexity index is 968. The highest BCUT2D eigenvalue weighted by Gasteiger charge is 2.10. The van der Waals surface area contributed by atoms with Gasteiger partial charge in [-0.2, -0.15) is 0 Å². The van der Waals surface area contributed by atoms with Gasteiger partial charge in [0.15, 0.2) is 0 Å². The fourth-order valence-corrected chi connectivity index (χ4v) is 2.55. The molecule has 0 unspecified atom stereocenters. The van der Waals surface area contributed by atoms with E-state index in [1.165, 1.54) is 0 Å². The van der Waals surface area contributed by atoms with Crippen LogP contribution in [-0.2, 0) is 9.53 Å². The molecular weight excluding hydrogens is 374 g/mol. The summed E-state index contributed by atoms with van der Waals surface area (Å²) in [7, 11) is 0. The third-order valence-electron chi connectivity index (χ3n) is 3.51. The molecule has 2 heterocycles. The average Bonchev–Trinajstić information content (AvgIpc) is 3.04. The van der Waals surface area contributed by atoms with Crippen molar-refractivity contribution < 1.29 is 19.4 Å². The smallest absolute Gasteiger partial charge is 0.411 e. The number of carbonyl (C=O) groups is 2. The van der Waals surface area contributed by atoms with Crippen molar-refractivity contribution in [3.63, 3.8) is 0 Å². The zero-order chi connectivity index (χ0) is 21.4. The van der Waals surface area contributed by atoms with E-state index in [0.717, 1.165) is 16.9 Å². The minimum absolute atomic E-state index is 0.182. The fourth-order valence-electron chi connectivity index (χ4n) is 2.55. The minimum atomic E-state index is -0.506. The molecule has 3 aromatic rings. The Kier molecular flexibility index (Phi) is 7.53. The topological polar surface area (TPSA) is 118 Å². The molecule has 9 heteroatoms. The van der Waals surface area contributed by atoms with E-state index in [2.05, 4.69) is 40.5 Å². The molecule has 0 aliphatic rings. The van der Waals surface area contributed by atoms with Crippen LogP contribution < -0.4 is 10.6 Å². The quantitative estimate of drug-likeness (QED) is 0.557. The van der Waals surface area contributed by atoms with Crippen molar-refractivity contribution in [2.45, 2.75) is 39.8 Å². The predicted molar refractivity (Wildman–Crippen MR) is 111 cm³/mol. The van der Waals surface area contributed by atoms with Crippen LogP contribution >= 0.6 is 0 Å². The molecule has 0 saturated heterocycles. The first-order chi connectivity index (χ1) is 13.8. The number of nitrogens with one attached hydrogen (secondary N) is 2. The molecule has 9 nitrogen and oxygen atoms in total. The second-order valence-electron chi connectivity index (χ2n) is 6.74. The van der Waals surface area contributed by atoms with Crippen molar-refractivity contribution in [2.75, 3.05) is 10.6 Å². The van der Waals surface area contributed by atoms with E-state index < -0.39 is 6.09 Å². The van der Waals surface area contributed by atoms with E-state index in [9.17, 15) is 4.79 Å². The van der Waals surface area contributed by atoms with E-state index in [4.69, 9.17) is 14.6 Å². The Morgan fingerprint density at radius 3 is 2.59 bits per heavy atom. The lowest BCUT2D eigenvalue weighted by Crippen LogP contribution is -2.18. The second kappa shape index (κ2) is 10.1. The van der Waals surface area contributed by atoms with Gasteiger partial charge in [-0.1, -0.05) is 12.1 Å². The van der Waals surface area contributed by atoms with Gasteiger partial charge in [-0.25, -0.2) is 14.8 Å². The van der Waals surface area contributed by atoms with E-state index in [0.29, 0.717) is 17.5 Å². The first kappa shape index (κ1) is 21.7. The molecule has 2 aromatic heterocycles. The maximum absolute atomic E-state index is 11.7. The molecule has 0 bridgehead atoms. The predicted octanol–water partition coefficient (Wildman–Crippen LogP) is 3.87. The Morgan fingerprint density at radius 1 is 1.21 bits per heavy atom. The van der Waals surface area contributed by atoms with Gasteiger partial charge in [-0.3, -0.25) is 14.5 Å². The molecule has 0 atom stereocenters. The summed E-state index contributed by atoms with van der Waals surface area (Å²) in [4.78, 5) is 28.9. The number of ether oxygens (including phenoxy) is 1. The van der Waals surface area contributed by atoms with Gasteiger partial charge in [0, 0.05) is 29.7 Å². The fraction of sp³-hybridized carbons (Fsp3) is 0.300. The molecule has 0 aliphatic carbocycles. The molecule has 0 fully saturated rings. The molecule has 0 spiro atoms. The van der Waals surface area contributed by atoms with Crippen LogP contribution in [0.25, 0.3) is 17.0 Å². The van der Waals surface area contributed by atoms with Crippen molar-refractivity contribution in [1.29, 1.82) is 0 Å². The van der Waals surface area contributed by atoms with Gasteiger partial charge in [-0.15, -0.1) is 0 Å². The summed E-state index contributed by atoms with van der Waals surface area (Å²) >= 11 is 0. The Balaban J connectivity index is 0.000000941. The number of anilines is 2. The number of fused-ring (bicyclic) bond motifs is 1. The zero-order valence-electron chi connectivity index (χ0n) is 16.8. The van der Waals surface area contributed by atoms with E-state index in [1.54, 1.807) is 30.6 Å². The number of aromatic nitrogens is 3. The summed E-state index contributed by atoms with van der Waals surface area (Å²) in [5.74, 6) is 0.560. The molecule has 0 radical (unpaired) electrons. The summed E-state index contributed by atoms with van der Waals surface area (Å²) in [6.45, 7) is 7.54. The van der Waals surface area contributed by atoms with E-state index in [-0.39, 0.29) is 12.6 Å². The SMILES string of the molecule is CC(C)Nc1cccc(-c2cn3cc(NC(=O)OC(C)C)cnc3n2)c1.O=CO. The van der Waals surface area contributed by atoms with Crippen LogP contribution in [0.2, 0.25) is 0 Å². The lowest BCUT2D eigenvalue weighted by molar-refractivity contribution is -0.122. The largest absolute Gasteiger partial charge is 0.483 e. The maximum Gasteiger partial charge on any atom is 0.411 e. The molecule has 1 aromatic carbocycles. The minimum Gasteiger partial charge on any atom is -0.483 e. The summed E-state index contributed by atoms with van der Waals surface area (Å²) in [6, 6.07) is 8.44. The Morgan fingerprint density at radius 2 is 1.93 bits per heavy atom. The van der Waals surface area contributed by atoms with Crippen LogP contribution in [0.5, 0.6) is 0 Å². The van der Waals surface area contributed by atoms with Crippen LogP contribution in [0.3, 0.4) is 0 Å². The van der Waals surface area contributed by atoms with Crippen molar-refractivity contribution in [3.8, 4) is 11.3 Å². The van der Waals surface area contributed by atoms with Gasteiger partial charge >= 0.3 is 6.09 Å². The number of benzene rings is 1. The summed E-state index contributed by atoms with van der Waals surface area (Å²) in [5.41, 5.74) is 3.39. The van der Waals surface area contributed by atoms with Crippen molar-refractivity contribution >= 4 is 29.7 Å². The molecular formula is C20H25N5O4. The van der Waals surface area contributed by atoms with Gasteiger partial charge in [0.25, 0.3) is 6.47 Å². The van der Waals surface area contributed by atoms with Gasteiger partial charge < -0.3 is 15.2 Å². The van der Waals surface area contributed by atoms with Crippen molar-refractivity contribution in [3.05, 3.63) is 42.9 Å². The highest BCUT2D eigenvalue weighted by Crippen LogP contribution is 2.23. The van der Waals surface area contributed by atoms with Crippen LogP contribution in [0.15, 0.2) is 42.9 Å². The average molecular weight is 399 g/mol. The highest BCUT2D eigenvalue weighted by molar-refractivity contribution is 5.84. The lowest BCUT2D eigenvalue weighted by atomic mass is 10.1. The zero-order valence-corrected chi connectivity index (χ0v) is 16.8. The standard InChI is InChI=1S/C19H23N5O2.CH2O2/c1-12(2)21-15-7-5-6-14(8-15)17-11-24-10-16(9-20-18(24)23-17)22-19(25)26-13(3)4;2-1-3/h5-13,21H,1-4H3,(H,22,25);1H,(H,2,3). The van der Waals surface area contributed by atoms with Gasteiger partial charge in [0.2, 0.25) is 5.78 Å². The number of hydrogen-bond acceptors (Lipinski definition) is 6. The maximum atomic E-state index is 11.7. The number of imidazole rings is 1. The van der Waals surface area contributed by atoms with Crippen LogP contribution in [0.1, 0.15) is 27.7 Å². The van der Waals surface area contributed by atoms with Crippen LogP contribution in [-0.4, -0.2) is 44.2 Å². The van der Waals surface area contributed by atoms with E-state index >= 15 is 0 Å². The normalized spacial score (nSPS) is 10.4. The summed E-state index contributed by atoms with van der Waals surface area (Å²) in [5, 5.41) is 12.9. The molecule has 3 rings (SSSR count). The summed E-state index contributed by atoms with van der Waals surface area (Å²) in [6.07, 6.45) is 4.52. The number of carbonyl (C=O) groups excluding carboxylic acids is 1. The number of nitrogens with zero attached hydrogens (tertiary/aromatic N) is 3. The first-order valence-corrected chi connectivity index (χ1v) is 9.09. The second-order valence-corrected chi connectivity index (χ2v) is 6.74. The number of hydrogen-bond donors (Lipinski definition) is 3. The Labute approximate surface area is 168 Å². The molecule has 1 amide bonds. The van der Waals surface area contributed by atoms with Crippen LogP contribution in [0, 0.1) is 0 Å². The highest BCUT2D eigenvalue weighted by atomic mass is 16.6. The molecule has 0 saturated carbocycles. The third kappa shape index (κ3) is 6.49. The Hall–Kier alpha value is -3.62. The molecule has 0 aliphatic heterocycles. The number of carboxylic acid groups (broad SMARTS) is 1. The summed E-state index contributed by atoms with van der Waals surface area (Å²) < 4.78 is 6.86. The monoisotopic (exact) mass is 399 g/mol. The first-order valence-electron chi connectivity index (χ1n) is 9.09. The molecule has 29 heavy (non-hydrogen) atoms. The van der Waals surface area contributed by atoms with Crippen molar-refractivity contribution in [2.24, 2.45) is 0 Å². The third-order valence-corrected chi connectivity index (χ3v) is 3.51. The lowest BCUT2D eigenvalue weighted by Gasteiger charge is -2.10. The van der Waals surface area contributed by atoms with Gasteiger partial charge in [0.05, 0.1) is 23.7 Å². The van der Waals surface area contributed by atoms with Gasteiger partial charge in [-0.05, 0) is 39.8 Å². The van der Waals surface area contributed by atoms with Crippen LogP contribution in [0.4, 0.5) is 16.2 Å². The number of amides is 1.